The van der Waals surface area contributed by atoms with Gasteiger partial charge in [0.1, 0.15) is 0 Å². The van der Waals surface area contributed by atoms with Gasteiger partial charge in [-0.15, -0.1) is 0 Å². The van der Waals surface area contributed by atoms with Gasteiger partial charge in [-0.1, -0.05) is 26.0 Å². The second-order valence-corrected chi connectivity index (χ2v) is 2.29. The zero-order chi connectivity index (χ0) is 9.07. The number of hydrogen-bond donors (Lipinski definition) is 4. The van der Waals surface area contributed by atoms with Crippen LogP contribution in [-0.2, 0) is 0 Å². The highest BCUT2D eigenvalue weighted by Crippen LogP contribution is 1.66. The third-order valence-corrected chi connectivity index (χ3v) is 1.21. The largest absolute Gasteiger partial charge is 0.258 e. The Balaban J connectivity index is 2.93. The van der Waals surface area contributed by atoms with Crippen molar-refractivity contribution in [3.05, 3.63) is 12.2 Å². The van der Waals surface area contributed by atoms with E-state index in [4.69, 9.17) is 0 Å². The topological polar surface area (TPSA) is 48.1 Å². The van der Waals surface area contributed by atoms with Crippen LogP contribution < -0.4 is 21.7 Å². The fourth-order valence-electron chi connectivity index (χ4n) is 0.679. The molecule has 0 radical (unpaired) electrons. The van der Waals surface area contributed by atoms with Crippen molar-refractivity contribution in [1.82, 2.24) is 21.7 Å². The van der Waals surface area contributed by atoms with Crippen LogP contribution >= 0.6 is 0 Å². The predicted octanol–water partition coefficient (Wildman–Crippen LogP) is -0.229. The molecule has 0 atom stereocenters. The van der Waals surface area contributed by atoms with Crippen LogP contribution in [0.15, 0.2) is 12.2 Å². The molecule has 0 aromatic heterocycles. The zero-order valence-electron chi connectivity index (χ0n) is 7.98. The van der Waals surface area contributed by atoms with Gasteiger partial charge in [0.2, 0.25) is 0 Å². The van der Waals surface area contributed by atoms with Crippen LogP contribution in [0.25, 0.3) is 0 Å². The third-order valence-electron chi connectivity index (χ3n) is 1.21. The molecule has 0 aliphatic heterocycles. The molecule has 0 saturated heterocycles. The average Bonchev–Trinajstić information content (AvgIpc) is 2.10. The van der Waals surface area contributed by atoms with Crippen LogP contribution in [0.3, 0.4) is 0 Å². The number of hydrazine groups is 2. The first kappa shape index (κ1) is 11.6. The molecule has 0 amide bonds. The molecule has 0 heterocycles. The van der Waals surface area contributed by atoms with Crippen molar-refractivity contribution in [2.75, 3.05) is 26.2 Å². The van der Waals surface area contributed by atoms with Crippen molar-refractivity contribution in [1.29, 1.82) is 0 Å². The fraction of sp³-hybridized carbons (Fsp3) is 0.750. The lowest BCUT2D eigenvalue weighted by molar-refractivity contribution is 0.581. The highest BCUT2D eigenvalue weighted by atomic mass is 15.3. The van der Waals surface area contributed by atoms with Gasteiger partial charge < -0.3 is 0 Å². The van der Waals surface area contributed by atoms with E-state index in [1.54, 1.807) is 0 Å². The van der Waals surface area contributed by atoms with Gasteiger partial charge in [-0.2, -0.15) is 0 Å². The van der Waals surface area contributed by atoms with Crippen LogP contribution in [-0.4, -0.2) is 26.2 Å². The summed E-state index contributed by atoms with van der Waals surface area (Å²) in [6.07, 6.45) is 4.15. The van der Waals surface area contributed by atoms with E-state index in [0.29, 0.717) is 0 Å². The molecule has 0 spiro atoms. The van der Waals surface area contributed by atoms with Gasteiger partial charge in [0, 0.05) is 26.2 Å². The molecule has 4 nitrogen and oxygen atoms in total. The molecule has 4 heteroatoms. The molecule has 0 saturated carbocycles. The van der Waals surface area contributed by atoms with Gasteiger partial charge in [-0.05, 0) is 0 Å². The summed E-state index contributed by atoms with van der Waals surface area (Å²) in [5.74, 6) is 0. The Morgan fingerprint density at radius 3 is 1.50 bits per heavy atom. The van der Waals surface area contributed by atoms with E-state index in [2.05, 4.69) is 47.7 Å². The van der Waals surface area contributed by atoms with E-state index in [9.17, 15) is 0 Å². The van der Waals surface area contributed by atoms with E-state index in [1.807, 2.05) is 0 Å². The second-order valence-electron chi connectivity index (χ2n) is 2.29. The molecule has 0 fully saturated rings. The SMILES string of the molecule is CCNNC/C=C\CNNCC. The average molecular weight is 172 g/mol. The Hall–Kier alpha value is -0.420. The molecule has 0 aromatic carbocycles. The first-order valence-corrected chi connectivity index (χ1v) is 4.48. The summed E-state index contributed by atoms with van der Waals surface area (Å²) in [7, 11) is 0. The second kappa shape index (κ2) is 10.6. The lowest BCUT2D eigenvalue weighted by Gasteiger charge is -2.00. The first-order chi connectivity index (χ1) is 5.91. The maximum atomic E-state index is 3.04. The highest BCUT2D eigenvalue weighted by molar-refractivity contribution is 4.84. The van der Waals surface area contributed by atoms with Crippen molar-refractivity contribution < 1.29 is 0 Å². The van der Waals surface area contributed by atoms with Crippen molar-refractivity contribution in [2.24, 2.45) is 0 Å². The Morgan fingerprint density at radius 1 is 0.750 bits per heavy atom. The van der Waals surface area contributed by atoms with E-state index in [1.165, 1.54) is 0 Å². The summed E-state index contributed by atoms with van der Waals surface area (Å²) < 4.78 is 0. The summed E-state index contributed by atoms with van der Waals surface area (Å²) in [6.45, 7) is 7.74. The van der Waals surface area contributed by atoms with Crippen LogP contribution in [0.5, 0.6) is 0 Å². The van der Waals surface area contributed by atoms with Gasteiger partial charge in [-0.3, -0.25) is 21.7 Å². The van der Waals surface area contributed by atoms with E-state index >= 15 is 0 Å². The highest BCUT2D eigenvalue weighted by Gasteiger charge is 1.77. The molecule has 0 aliphatic carbocycles. The molecular formula is C8H20N4. The minimum Gasteiger partial charge on any atom is -0.258 e. The van der Waals surface area contributed by atoms with Gasteiger partial charge >= 0.3 is 0 Å². The van der Waals surface area contributed by atoms with E-state index < -0.39 is 0 Å². The van der Waals surface area contributed by atoms with Gasteiger partial charge in [0.25, 0.3) is 0 Å². The van der Waals surface area contributed by atoms with Crippen LogP contribution in [0.4, 0.5) is 0 Å². The summed E-state index contributed by atoms with van der Waals surface area (Å²) in [6, 6.07) is 0. The van der Waals surface area contributed by atoms with E-state index in [-0.39, 0.29) is 0 Å². The van der Waals surface area contributed by atoms with Crippen LogP contribution in [0.1, 0.15) is 13.8 Å². The quantitative estimate of drug-likeness (QED) is 0.232. The maximum Gasteiger partial charge on any atom is 0.0281 e. The molecule has 0 bridgehead atoms. The van der Waals surface area contributed by atoms with Crippen LogP contribution in [0, 0.1) is 0 Å². The van der Waals surface area contributed by atoms with Gasteiger partial charge in [0.15, 0.2) is 0 Å². The van der Waals surface area contributed by atoms with Crippen LogP contribution in [0.2, 0.25) is 0 Å². The maximum absolute atomic E-state index is 3.04. The summed E-state index contributed by atoms with van der Waals surface area (Å²) in [5.41, 5.74) is 12.1. The molecule has 4 N–H and O–H groups in total. The Kier molecular flexibility index (Phi) is 10.2. The zero-order valence-corrected chi connectivity index (χ0v) is 7.98. The molecule has 72 valence electrons. The lowest BCUT2D eigenvalue weighted by atomic mass is 10.5. The molecule has 0 aliphatic rings. The number of hydrogen-bond acceptors (Lipinski definition) is 4. The summed E-state index contributed by atoms with van der Waals surface area (Å²) in [4.78, 5) is 0. The fourth-order valence-corrected chi connectivity index (χ4v) is 0.679. The normalized spacial score (nSPS) is 11.2. The third kappa shape index (κ3) is 9.58. The van der Waals surface area contributed by atoms with Gasteiger partial charge in [-0.25, -0.2) is 0 Å². The molecular weight excluding hydrogens is 152 g/mol. The van der Waals surface area contributed by atoms with Crippen molar-refractivity contribution >= 4 is 0 Å². The Bertz CT molecular complexity index is 91.2. The summed E-state index contributed by atoms with van der Waals surface area (Å²) in [5, 5.41) is 0. The molecule has 12 heavy (non-hydrogen) atoms. The number of nitrogens with one attached hydrogen (secondary N) is 4. The Morgan fingerprint density at radius 2 is 1.17 bits per heavy atom. The minimum absolute atomic E-state index is 0.863. The minimum atomic E-state index is 0.863. The molecule has 0 unspecified atom stereocenters. The van der Waals surface area contributed by atoms with E-state index in [0.717, 1.165) is 26.2 Å². The Labute approximate surface area is 74.7 Å². The molecule has 0 aromatic rings. The first-order valence-electron chi connectivity index (χ1n) is 4.48. The monoisotopic (exact) mass is 172 g/mol. The van der Waals surface area contributed by atoms with Gasteiger partial charge in [0.05, 0.1) is 0 Å². The lowest BCUT2D eigenvalue weighted by Crippen LogP contribution is -2.32. The predicted molar refractivity (Wildman–Crippen MR) is 52.5 cm³/mol. The smallest absolute Gasteiger partial charge is 0.0281 e. The molecule has 0 rings (SSSR count). The standard InChI is InChI=1S/C8H20N4/c1-3-9-11-7-5-6-8-12-10-4-2/h5-6,9-12H,3-4,7-8H2,1-2H3/b6-5-. The van der Waals surface area contributed by atoms with Crippen molar-refractivity contribution in [3.63, 3.8) is 0 Å². The summed E-state index contributed by atoms with van der Waals surface area (Å²) >= 11 is 0. The van der Waals surface area contributed by atoms with Crippen molar-refractivity contribution in [2.45, 2.75) is 13.8 Å². The van der Waals surface area contributed by atoms with Crippen molar-refractivity contribution in [3.8, 4) is 0 Å². The number of rotatable bonds is 8.